The fourth-order valence-electron chi connectivity index (χ4n) is 2.13. The highest BCUT2D eigenvalue weighted by Gasteiger charge is 2.33. The second-order valence-electron chi connectivity index (χ2n) is 4.83. The summed E-state index contributed by atoms with van der Waals surface area (Å²) in [5, 5.41) is 9.86. The number of amides is 1. The van der Waals surface area contributed by atoms with Gasteiger partial charge in [-0.1, -0.05) is 46.0 Å². The SMILES string of the molecule is O=C1/C(=C\c2cc(I)c(O)c(I)c2)SC(=S)N1c1cccc(Br)c1. The van der Waals surface area contributed by atoms with Crippen molar-refractivity contribution in [3.63, 3.8) is 0 Å². The first-order chi connectivity index (χ1) is 11.4. The highest BCUT2D eigenvalue weighted by Crippen LogP contribution is 2.37. The van der Waals surface area contributed by atoms with Gasteiger partial charge in [-0.25, -0.2) is 0 Å². The third-order valence-corrected chi connectivity index (χ3v) is 6.64. The van der Waals surface area contributed by atoms with Crippen molar-refractivity contribution in [2.24, 2.45) is 0 Å². The largest absolute Gasteiger partial charge is 0.506 e. The summed E-state index contributed by atoms with van der Waals surface area (Å²) in [4.78, 5) is 14.9. The Balaban J connectivity index is 1.97. The summed E-state index contributed by atoms with van der Waals surface area (Å²) in [7, 11) is 0. The van der Waals surface area contributed by atoms with Crippen LogP contribution in [0.3, 0.4) is 0 Å². The van der Waals surface area contributed by atoms with Crippen LogP contribution in [0.1, 0.15) is 5.56 Å². The fourth-order valence-corrected chi connectivity index (χ4v) is 5.63. The number of halogens is 3. The topological polar surface area (TPSA) is 40.5 Å². The second kappa shape index (κ2) is 7.60. The van der Waals surface area contributed by atoms with Crippen LogP contribution < -0.4 is 4.90 Å². The molecule has 1 heterocycles. The van der Waals surface area contributed by atoms with Gasteiger partial charge in [-0.2, -0.15) is 0 Å². The van der Waals surface area contributed by atoms with Gasteiger partial charge in [0, 0.05) is 4.47 Å². The van der Waals surface area contributed by atoms with Crippen molar-refractivity contribution in [3.8, 4) is 5.75 Å². The van der Waals surface area contributed by atoms with Gasteiger partial charge in [0.2, 0.25) is 0 Å². The van der Waals surface area contributed by atoms with Gasteiger partial charge < -0.3 is 5.11 Å². The van der Waals surface area contributed by atoms with Gasteiger partial charge in [-0.3, -0.25) is 9.69 Å². The minimum absolute atomic E-state index is 0.138. The molecule has 1 N–H and O–H groups in total. The summed E-state index contributed by atoms with van der Waals surface area (Å²) in [5.74, 6) is 0.122. The van der Waals surface area contributed by atoms with Gasteiger partial charge in [0.1, 0.15) is 5.75 Å². The van der Waals surface area contributed by atoms with Crippen molar-refractivity contribution < 1.29 is 9.90 Å². The van der Waals surface area contributed by atoms with Crippen molar-refractivity contribution in [3.05, 3.63) is 58.5 Å². The van der Waals surface area contributed by atoms with E-state index in [2.05, 4.69) is 61.1 Å². The maximum absolute atomic E-state index is 12.7. The standard InChI is InChI=1S/C16H8BrI2NO2S2/c17-9-2-1-3-10(7-9)20-15(22)13(24-16(20)23)6-8-4-11(18)14(21)12(19)5-8/h1-7,21H/b13-6+. The zero-order valence-electron chi connectivity index (χ0n) is 11.8. The Morgan fingerprint density at radius 2 is 1.88 bits per heavy atom. The van der Waals surface area contributed by atoms with Crippen molar-refractivity contribution in [1.82, 2.24) is 0 Å². The fraction of sp³-hybridized carbons (Fsp3) is 0. The van der Waals surface area contributed by atoms with Crippen molar-refractivity contribution in [1.29, 1.82) is 0 Å². The van der Waals surface area contributed by atoms with E-state index < -0.39 is 0 Å². The van der Waals surface area contributed by atoms with E-state index in [1.807, 2.05) is 36.4 Å². The summed E-state index contributed by atoms with van der Waals surface area (Å²) in [6, 6.07) is 11.2. The smallest absolute Gasteiger partial charge is 0.270 e. The van der Waals surface area contributed by atoms with E-state index in [0.717, 1.165) is 22.9 Å². The number of phenolic OH excluding ortho intramolecular Hbond substituents is 1. The van der Waals surface area contributed by atoms with E-state index in [1.165, 1.54) is 16.7 Å². The summed E-state index contributed by atoms with van der Waals surface area (Å²) in [5.41, 5.74) is 1.60. The first-order valence-corrected chi connectivity index (χ1v) is 10.8. The molecule has 0 atom stereocenters. The van der Waals surface area contributed by atoms with Crippen LogP contribution in [0.5, 0.6) is 5.75 Å². The third kappa shape index (κ3) is 3.81. The lowest BCUT2D eigenvalue weighted by atomic mass is 10.2. The average molecular weight is 644 g/mol. The molecule has 0 spiro atoms. The predicted molar refractivity (Wildman–Crippen MR) is 123 cm³/mol. The molecule has 2 aromatic carbocycles. The Labute approximate surface area is 184 Å². The summed E-state index contributed by atoms with van der Waals surface area (Å²) < 4.78 is 2.88. The summed E-state index contributed by atoms with van der Waals surface area (Å²) in [6.07, 6.45) is 1.81. The quantitative estimate of drug-likeness (QED) is 0.256. The highest BCUT2D eigenvalue weighted by atomic mass is 127. The van der Waals surface area contributed by atoms with Gasteiger partial charge in [-0.15, -0.1) is 0 Å². The Morgan fingerprint density at radius 3 is 2.50 bits per heavy atom. The molecule has 0 radical (unpaired) electrons. The van der Waals surface area contributed by atoms with E-state index in [0.29, 0.717) is 9.23 Å². The number of phenols is 1. The number of benzene rings is 2. The van der Waals surface area contributed by atoms with E-state index >= 15 is 0 Å². The molecule has 122 valence electrons. The number of rotatable bonds is 2. The minimum Gasteiger partial charge on any atom is -0.506 e. The lowest BCUT2D eigenvalue weighted by Gasteiger charge is -2.14. The molecule has 24 heavy (non-hydrogen) atoms. The van der Waals surface area contributed by atoms with Crippen molar-refractivity contribution in [2.45, 2.75) is 0 Å². The Bertz CT molecular complexity index is 878. The number of carbonyl (C=O) groups excluding carboxylic acids is 1. The minimum atomic E-state index is -0.138. The first-order valence-electron chi connectivity index (χ1n) is 6.58. The van der Waals surface area contributed by atoms with Crippen LogP contribution in [0.2, 0.25) is 0 Å². The molecular formula is C16H8BrI2NO2S2. The van der Waals surface area contributed by atoms with Gasteiger partial charge >= 0.3 is 0 Å². The van der Waals surface area contributed by atoms with Crippen LogP contribution in [0.15, 0.2) is 45.8 Å². The van der Waals surface area contributed by atoms with Crippen LogP contribution in [0.25, 0.3) is 6.08 Å². The number of anilines is 1. The normalized spacial score (nSPS) is 16.3. The zero-order valence-corrected chi connectivity index (χ0v) is 19.3. The molecule has 2 aromatic rings. The van der Waals surface area contributed by atoms with E-state index in [1.54, 1.807) is 6.08 Å². The zero-order chi connectivity index (χ0) is 17.4. The Kier molecular flexibility index (Phi) is 5.90. The van der Waals surface area contributed by atoms with E-state index in [-0.39, 0.29) is 11.7 Å². The van der Waals surface area contributed by atoms with Crippen molar-refractivity contribution in [2.75, 3.05) is 4.90 Å². The molecule has 0 unspecified atom stereocenters. The molecule has 0 aliphatic carbocycles. The highest BCUT2D eigenvalue weighted by molar-refractivity contribution is 14.1. The van der Waals surface area contributed by atoms with Gasteiger partial charge in [0.05, 0.1) is 17.7 Å². The van der Waals surface area contributed by atoms with Crippen LogP contribution >= 0.6 is 85.1 Å². The third-order valence-electron chi connectivity index (χ3n) is 3.20. The number of nitrogens with zero attached hydrogens (tertiary/aromatic N) is 1. The number of carbonyl (C=O) groups is 1. The van der Waals surface area contributed by atoms with Gasteiger partial charge in [0.25, 0.3) is 5.91 Å². The summed E-state index contributed by atoms with van der Waals surface area (Å²) in [6.45, 7) is 0. The first kappa shape index (κ1) is 18.6. The summed E-state index contributed by atoms with van der Waals surface area (Å²) >= 11 is 14.2. The molecule has 1 aliphatic rings. The molecule has 0 saturated carbocycles. The van der Waals surface area contributed by atoms with Crippen LogP contribution in [0, 0.1) is 7.14 Å². The van der Waals surface area contributed by atoms with Crippen LogP contribution in [-0.4, -0.2) is 15.3 Å². The number of hydrogen-bond acceptors (Lipinski definition) is 4. The number of thiocarbonyl (C=S) groups is 1. The molecule has 0 aromatic heterocycles. The lowest BCUT2D eigenvalue weighted by Crippen LogP contribution is -2.27. The molecule has 3 nitrogen and oxygen atoms in total. The molecule has 8 heteroatoms. The predicted octanol–water partition coefficient (Wildman–Crippen LogP) is 5.77. The molecule has 3 rings (SSSR count). The van der Waals surface area contributed by atoms with E-state index in [9.17, 15) is 9.90 Å². The van der Waals surface area contributed by atoms with Crippen LogP contribution in [-0.2, 0) is 4.79 Å². The molecule has 1 saturated heterocycles. The molecule has 1 fully saturated rings. The Morgan fingerprint density at radius 1 is 1.21 bits per heavy atom. The number of hydrogen-bond donors (Lipinski definition) is 1. The molecule has 1 amide bonds. The average Bonchev–Trinajstić information content (AvgIpc) is 2.79. The van der Waals surface area contributed by atoms with Crippen molar-refractivity contribution >= 4 is 107 Å². The number of thioether (sulfide) groups is 1. The molecule has 1 aliphatic heterocycles. The van der Waals surface area contributed by atoms with E-state index in [4.69, 9.17) is 12.2 Å². The Hall–Kier alpha value is -0.170. The molecule has 0 bridgehead atoms. The maximum Gasteiger partial charge on any atom is 0.270 e. The van der Waals surface area contributed by atoms with Gasteiger partial charge in [0.15, 0.2) is 4.32 Å². The monoisotopic (exact) mass is 643 g/mol. The van der Waals surface area contributed by atoms with Gasteiger partial charge in [-0.05, 0) is 87.2 Å². The maximum atomic E-state index is 12.7. The second-order valence-corrected chi connectivity index (χ2v) is 9.75. The lowest BCUT2D eigenvalue weighted by molar-refractivity contribution is -0.113. The molecular weight excluding hydrogens is 636 g/mol. The van der Waals surface area contributed by atoms with Crippen LogP contribution in [0.4, 0.5) is 5.69 Å². The number of aromatic hydroxyl groups is 1.